The second-order valence-electron chi connectivity index (χ2n) is 3.98. The van der Waals surface area contributed by atoms with Gasteiger partial charge in [0.25, 0.3) is 0 Å². The molecule has 0 fully saturated rings. The van der Waals surface area contributed by atoms with Gasteiger partial charge in [-0.3, -0.25) is 0 Å². The number of anilines is 1. The molecule has 0 atom stereocenters. The van der Waals surface area contributed by atoms with Crippen LogP contribution in [-0.2, 0) is 5.41 Å². The molecule has 12 heavy (non-hydrogen) atoms. The average molecular weight is 184 g/mol. The van der Waals surface area contributed by atoms with Crippen LogP contribution >= 0.6 is 11.6 Å². The minimum atomic E-state index is 0.0919. The molecular weight excluding hydrogens is 170 g/mol. The SMILES string of the molecule is CC(C)(C)c1ccc(Cl)cc1N. The lowest BCUT2D eigenvalue weighted by Gasteiger charge is -2.21. The van der Waals surface area contributed by atoms with E-state index in [9.17, 15) is 0 Å². The van der Waals surface area contributed by atoms with Gasteiger partial charge in [-0.15, -0.1) is 0 Å². The lowest BCUT2D eigenvalue weighted by molar-refractivity contribution is 0.592. The summed E-state index contributed by atoms with van der Waals surface area (Å²) in [6.45, 7) is 6.39. The number of benzene rings is 1. The molecule has 0 aromatic heterocycles. The lowest BCUT2D eigenvalue weighted by Crippen LogP contribution is -2.13. The first kappa shape index (κ1) is 9.40. The Morgan fingerprint density at radius 1 is 1.25 bits per heavy atom. The summed E-state index contributed by atoms with van der Waals surface area (Å²) in [5.41, 5.74) is 7.83. The Hall–Kier alpha value is -0.690. The van der Waals surface area contributed by atoms with Crippen molar-refractivity contribution in [2.45, 2.75) is 26.2 Å². The number of hydrogen-bond donors (Lipinski definition) is 1. The standard InChI is InChI=1S/C10H14ClN/c1-10(2,3)8-5-4-7(11)6-9(8)12/h4-6H,12H2,1-3H3. The molecule has 2 heteroatoms. The highest BCUT2D eigenvalue weighted by Gasteiger charge is 2.16. The van der Waals surface area contributed by atoms with E-state index >= 15 is 0 Å². The molecule has 0 saturated heterocycles. The van der Waals surface area contributed by atoms with Gasteiger partial charge in [-0.2, -0.15) is 0 Å². The molecule has 66 valence electrons. The van der Waals surface area contributed by atoms with Crippen LogP contribution in [0.3, 0.4) is 0 Å². The van der Waals surface area contributed by atoms with Crippen molar-refractivity contribution in [3.05, 3.63) is 28.8 Å². The molecule has 1 aromatic rings. The minimum Gasteiger partial charge on any atom is -0.398 e. The van der Waals surface area contributed by atoms with Crippen LogP contribution in [0.2, 0.25) is 5.02 Å². The quantitative estimate of drug-likeness (QED) is 0.615. The first-order valence-electron chi connectivity index (χ1n) is 3.97. The molecular formula is C10H14ClN. The van der Waals surface area contributed by atoms with E-state index in [1.807, 2.05) is 12.1 Å². The molecule has 0 aliphatic heterocycles. The first-order valence-corrected chi connectivity index (χ1v) is 4.34. The van der Waals surface area contributed by atoms with Crippen LogP contribution in [0, 0.1) is 0 Å². The maximum atomic E-state index is 5.82. The van der Waals surface area contributed by atoms with Gasteiger partial charge in [0.05, 0.1) is 0 Å². The highest BCUT2D eigenvalue weighted by Crippen LogP contribution is 2.29. The fourth-order valence-electron chi connectivity index (χ4n) is 1.22. The smallest absolute Gasteiger partial charge is 0.0426 e. The maximum Gasteiger partial charge on any atom is 0.0426 e. The minimum absolute atomic E-state index is 0.0919. The van der Waals surface area contributed by atoms with Crippen LogP contribution in [-0.4, -0.2) is 0 Å². The van der Waals surface area contributed by atoms with Crippen LogP contribution in [0.15, 0.2) is 18.2 Å². The van der Waals surface area contributed by atoms with Gasteiger partial charge >= 0.3 is 0 Å². The molecule has 0 unspecified atom stereocenters. The van der Waals surface area contributed by atoms with Crippen molar-refractivity contribution in [3.63, 3.8) is 0 Å². The van der Waals surface area contributed by atoms with E-state index in [2.05, 4.69) is 20.8 Å². The average Bonchev–Trinajstić information content (AvgIpc) is 1.83. The fourth-order valence-corrected chi connectivity index (χ4v) is 1.40. The monoisotopic (exact) mass is 183 g/mol. The highest BCUT2D eigenvalue weighted by atomic mass is 35.5. The molecule has 1 nitrogen and oxygen atoms in total. The lowest BCUT2D eigenvalue weighted by atomic mass is 9.86. The molecule has 0 saturated carbocycles. The van der Waals surface area contributed by atoms with E-state index in [1.165, 1.54) is 0 Å². The van der Waals surface area contributed by atoms with E-state index in [0.717, 1.165) is 11.3 Å². The second kappa shape index (κ2) is 2.98. The van der Waals surface area contributed by atoms with E-state index in [0.29, 0.717) is 5.02 Å². The Labute approximate surface area is 78.5 Å². The number of nitrogens with two attached hydrogens (primary N) is 1. The van der Waals surface area contributed by atoms with Gasteiger partial charge < -0.3 is 5.73 Å². The summed E-state index contributed by atoms with van der Waals surface area (Å²) in [5.74, 6) is 0. The van der Waals surface area contributed by atoms with Crippen LogP contribution in [0.4, 0.5) is 5.69 Å². The molecule has 1 rings (SSSR count). The molecule has 0 bridgehead atoms. The van der Waals surface area contributed by atoms with Gasteiger partial charge in [0.1, 0.15) is 0 Å². The third-order valence-corrected chi connectivity index (χ3v) is 2.06. The van der Waals surface area contributed by atoms with E-state index in [1.54, 1.807) is 6.07 Å². The summed E-state index contributed by atoms with van der Waals surface area (Å²) in [7, 11) is 0. The van der Waals surface area contributed by atoms with E-state index < -0.39 is 0 Å². The van der Waals surface area contributed by atoms with Crippen molar-refractivity contribution in [1.82, 2.24) is 0 Å². The Kier molecular flexibility index (Phi) is 2.34. The molecule has 0 aliphatic carbocycles. The Morgan fingerprint density at radius 3 is 2.25 bits per heavy atom. The van der Waals surface area contributed by atoms with Crippen molar-refractivity contribution < 1.29 is 0 Å². The van der Waals surface area contributed by atoms with Gasteiger partial charge in [-0.25, -0.2) is 0 Å². The van der Waals surface area contributed by atoms with E-state index in [4.69, 9.17) is 17.3 Å². The van der Waals surface area contributed by atoms with Crippen LogP contribution in [0.1, 0.15) is 26.3 Å². The summed E-state index contributed by atoms with van der Waals surface area (Å²) in [4.78, 5) is 0. The summed E-state index contributed by atoms with van der Waals surface area (Å²) in [6, 6.07) is 5.65. The predicted octanol–water partition coefficient (Wildman–Crippen LogP) is 3.22. The Balaban J connectivity index is 3.19. The van der Waals surface area contributed by atoms with Crippen LogP contribution < -0.4 is 5.73 Å². The normalized spacial score (nSPS) is 11.7. The molecule has 0 amide bonds. The molecule has 0 radical (unpaired) electrons. The molecule has 2 N–H and O–H groups in total. The third-order valence-electron chi connectivity index (χ3n) is 1.82. The number of halogens is 1. The molecule has 1 aromatic carbocycles. The predicted molar refractivity (Wildman–Crippen MR) is 54.6 cm³/mol. The van der Waals surface area contributed by atoms with Crippen molar-refractivity contribution in [1.29, 1.82) is 0 Å². The highest BCUT2D eigenvalue weighted by molar-refractivity contribution is 6.30. The van der Waals surface area contributed by atoms with Crippen molar-refractivity contribution in [2.24, 2.45) is 0 Å². The second-order valence-corrected chi connectivity index (χ2v) is 4.42. The van der Waals surface area contributed by atoms with Gasteiger partial charge in [0, 0.05) is 10.7 Å². The van der Waals surface area contributed by atoms with Crippen LogP contribution in [0.5, 0.6) is 0 Å². The Bertz CT molecular complexity index is 286. The first-order chi connectivity index (χ1) is 5.41. The Morgan fingerprint density at radius 2 is 1.83 bits per heavy atom. The van der Waals surface area contributed by atoms with Gasteiger partial charge in [0.15, 0.2) is 0 Å². The van der Waals surface area contributed by atoms with Crippen LogP contribution in [0.25, 0.3) is 0 Å². The fraction of sp³-hybridized carbons (Fsp3) is 0.400. The van der Waals surface area contributed by atoms with Crippen molar-refractivity contribution >= 4 is 17.3 Å². The van der Waals surface area contributed by atoms with Crippen molar-refractivity contribution in [3.8, 4) is 0 Å². The van der Waals surface area contributed by atoms with Crippen molar-refractivity contribution in [2.75, 3.05) is 5.73 Å². The number of rotatable bonds is 0. The largest absolute Gasteiger partial charge is 0.398 e. The summed E-state index contributed by atoms with van der Waals surface area (Å²) in [5, 5.41) is 0.695. The number of hydrogen-bond acceptors (Lipinski definition) is 1. The topological polar surface area (TPSA) is 26.0 Å². The van der Waals surface area contributed by atoms with Gasteiger partial charge in [-0.05, 0) is 23.1 Å². The number of nitrogen functional groups attached to an aromatic ring is 1. The third kappa shape index (κ3) is 1.92. The maximum absolute atomic E-state index is 5.82. The molecule has 0 aliphatic rings. The summed E-state index contributed by atoms with van der Waals surface area (Å²) in [6.07, 6.45) is 0. The zero-order chi connectivity index (χ0) is 9.35. The molecule has 0 heterocycles. The summed E-state index contributed by atoms with van der Waals surface area (Å²) < 4.78 is 0. The summed E-state index contributed by atoms with van der Waals surface area (Å²) >= 11 is 5.79. The zero-order valence-electron chi connectivity index (χ0n) is 7.69. The zero-order valence-corrected chi connectivity index (χ0v) is 8.44. The van der Waals surface area contributed by atoms with Gasteiger partial charge in [-0.1, -0.05) is 38.4 Å². The molecule has 0 spiro atoms. The van der Waals surface area contributed by atoms with E-state index in [-0.39, 0.29) is 5.41 Å². The van der Waals surface area contributed by atoms with Gasteiger partial charge in [0.2, 0.25) is 0 Å².